The van der Waals surface area contributed by atoms with Crippen LogP contribution >= 0.6 is 23.2 Å². The summed E-state index contributed by atoms with van der Waals surface area (Å²) < 4.78 is 72.3. The lowest BCUT2D eigenvalue weighted by Gasteiger charge is -2.51. The van der Waals surface area contributed by atoms with Gasteiger partial charge in [0.05, 0.1) is 17.3 Å². The predicted octanol–water partition coefficient (Wildman–Crippen LogP) is 3.98. The first-order valence-corrected chi connectivity index (χ1v) is 14.4. The molecule has 1 spiro atoms. The molecule has 38 heavy (non-hydrogen) atoms. The van der Waals surface area contributed by atoms with Crippen LogP contribution in [-0.4, -0.2) is 76.1 Å². The topological polar surface area (TPSA) is 87.7 Å². The van der Waals surface area contributed by atoms with Crippen molar-refractivity contribution in [2.45, 2.75) is 36.6 Å². The Balaban J connectivity index is 1.75. The summed E-state index contributed by atoms with van der Waals surface area (Å²) in [4.78, 5) is 14.8. The normalized spacial score (nSPS) is 18.8. The minimum absolute atomic E-state index is 0.0204. The molecule has 2 saturated heterocycles. The van der Waals surface area contributed by atoms with Gasteiger partial charge in [-0.3, -0.25) is 9.69 Å². The van der Waals surface area contributed by atoms with Gasteiger partial charge >= 0.3 is 6.18 Å². The van der Waals surface area contributed by atoms with Crippen LogP contribution in [0.3, 0.4) is 0 Å². The number of alkyl halides is 3. The van der Waals surface area contributed by atoms with Crippen molar-refractivity contribution in [3.8, 4) is 0 Å². The fourth-order valence-electron chi connectivity index (χ4n) is 4.36. The molecule has 0 saturated carbocycles. The zero-order valence-corrected chi connectivity index (χ0v) is 23.2. The molecule has 0 aliphatic carbocycles. The van der Waals surface area contributed by atoms with Gasteiger partial charge in [0.15, 0.2) is 9.84 Å². The Kier molecular flexibility index (Phi) is 10.1. The summed E-state index contributed by atoms with van der Waals surface area (Å²) >= 11 is 11.8. The first-order chi connectivity index (χ1) is 17.7. The van der Waals surface area contributed by atoms with E-state index in [1.807, 2.05) is 4.90 Å². The highest BCUT2D eigenvalue weighted by molar-refractivity contribution is 7.91. The molecule has 1 aromatic carbocycles. The first kappa shape index (κ1) is 30.6. The van der Waals surface area contributed by atoms with Gasteiger partial charge in [-0.1, -0.05) is 36.7 Å². The number of halogens is 5. The number of benzene rings is 1. The maximum absolute atomic E-state index is 13.9. The number of nitrogens with zero attached hydrogens (tertiary/aromatic N) is 1. The lowest BCUT2D eigenvalue weighted by atomic mass is 9.92. The third kappa shape index (κ3) is 8.06. The van der Waals surface area contributed by atoms with Crippen molar-refractivity contribution in [2.24, 2.45) is 0 Å². The van der Waals surface area contributed by atoms with Gasteiger partial charge in [0, 0.05) is 60.5 Å². The Morgan fingerprint density at radius 3 is 2.61 bits per heavy atom. The van der Waals surface area contributed by atoms with Gasteiger partial charge in [-0.25, -0.2) is 8.42 Å². The highest BCUT2D eigenvalue weighted by atomic mass is 35.5. The Bertz CT molecular complexity index is 1220. The van der Waals surface area contributed by atoms with Gasteiger partial charge < -0.3 is 15.4 Å². The molecular formula is C25H30Cl2F3N3O4S. The van der Waals surface area contributed by atoms with Crippen molar-refractivity contribution in [3.63, 3.8) is 0 Å². The quantitative estimate of drug-likeness (QED) is 0.314. The SMILES string of the molecule is C=C(Cl)/C=C(\C=C(/CCN1CC2(CNCCO2)C1)C(F)(F)F)C(=O)NCc1cc(Cl)ccc1S(=O)(=O)CC. The molecule has 1 amide bonds. The molecule has 13 heteroatoms. The number of sulfone groups is 1. The van der Waals surface area contributed by atoms with E-state index >= 15 is 0 Å². The van der Waals surface area contributed by atoms with E-state index in [1.54, 1.807) is 0 Å². The van der Waals surface area contributed by atoms with E-state index < -0.39 is 27.5 Å². The first-order valence-electron chi connectivity index (χ1n) is 11.9. The van der Waals surface area contributed by atoms with E-state index in [0.717, 1.165) is 18.7 Å². The largest absolute Gasteiger partial charge is 0.412 e. The van der Waals surface area contributed by atoms with E-state index in [9.17, 15) is 26.4 Å². The van der Waals surface area contributed by atoms with Crippen LogP contribution in [0.4, 0.5) is 13.2 Å². The fourth-order valence-corrected chi connectivity index (χ4v) is 5.79. The van der Waals surface area contributed by atoms with Crippen molar-refractivity contribution in [1.29, 1.82) is 0 Å². The van der Waals surface area contributed by atoms with Crippen molar-refractivity contribution < 1.29 is 31.1 Å². The summed E-state index contributed by atoms with van der Waals surface area (Å²) in [5.74, 6) is -1.05. The van der Waals surface area contributed by atoms with Crippen LogP contribution in [-0.2, 0) is 25.9 Å². The number of hydrogen-bond donors (Lipinski definition) is 2. The standard InChI is InChI=1S/C25H30Cl2F3N3O4S/c1-3-38(35,36)22-5-4-21(27)12-19(22)13-32-23(34)18(10-17(2)26)11-20(25(28,29)30)6-8-33-15-24(16-33)14-31-7-9-37-24/h4-5,10-12,31H,2-3,6-9,13-16H2,1H3,(H,32,34)/b18-10+,20-11+. The average Bonchev–Trinajstić information content (AvgIpc) is 2.82. The monoisotopic (exact) mass is 595 g/mol. The Morgan fingerprint density at radius 1 is 1.32 bits per heavy atom. The van der Waals surface area contributed by atoms with Crippen molar-refractivity contribution in [3.05, 3.63) is 63.7 Å². The zero-order chi connectivity index (χ0) is 28.1. The molecule has 2 N–H and O–H groups in total. The molecule has 0 aromatic heterocycles. The number of allylic oxidation sites excluding steroid dienone is 2. The summed E-state index contributed by atoms with van der Waals surface area (Å²) in [5.41, 5.74) is -1.41. The number of ether oxygens (including phenoxy) is 1. The van der Waals surface area contributed by atoms with Gasteiger partial charge in [-0.05, 0) is 42.3 Å². The number of nitrogens with one attached hydrogen (secondary N) is 2. The summed E-state index contributed by atoms with van der Waals surface area (Å²) in [7, 11) is -3.63. The number of morpholine rings is 1. The van der Waals surface area contributed by atoms with Crippen LogP contribution in [0.1, 0.15) is 18.9 Å². The van der Waals surface area contributed by atoms with Gasteiger partial charge in [-0.2, -0.15) is 13.2 Å². The number of rotatable bonds is 10. The average molecular weight is 596 g/mol. The van der Waals surface area contributed by atoms with Crippen LogP contribution in [0, 0.1) is 0 Å². The molecule has 0 atom stereocenters. The molecule has 0 radical (unpaired) electrons. The van der Waals surface area contributed by atoms with Crippen molar-refractivity contribution >= 4 is 38.9 Å². The van der Waals surface area contributed by atoms with Gasteiger partial charge in [0.1, 0.15) is 5.60 Å². The lowest BCUT2D eigenvalue weighted by Crippen LogP contribution is -2.69. The number of amides is 1. The van der Waals surface area contributed by atoms with Crippen LogP contribution in [0.5, 0.6) is 0 Å². The maximum Gasteiger partial charge on any atom is 0.412 e. The molecule has 2 heterocycles. The molecule has 2 aliphatic rings. The fraction of sp³-hybridized carbons (Fsp3) is 0.480. The van der Waals surface area contributed by atoms with E-state index in [4.69, 9.17) is 27.9 Å². The molecular weight excluding hydrogens is 566 g/mol. The van der Waals surface area contributed by atoms with Crippen LogP contribution in [0.2, 0.25) is 5.02 Å². The predicted molar refractivity (Wildman–Crippen MR) is 141 cm³/mol. The second kappa shape index (κ2) is 12.5. The van der Waals surface area contributed by atoms with E-state index in [1.165, 1.54) is 25.1 Å². The van der Waals surface area contributed by atoms with Crippen molar-refractivity contribution in [1.82, 2.24) is 15.5 Å². The molecule has 1 aromatic rings. The highest BCUT2D eigenvalue weighted by Crippen LogP contribution is 2.32. The summed E-state index contributed by atoms with van der Waals surface area (Å²) in [5, 5.41) is 5.81. The van der Waals surface area contributed by atoms with Gasteiger partial charge in [-0.15, -0.1) is 0 Å². The van der Waals surface area contributed by atoms with E-state index in [2.05, 4.69) is 17.2 Å². The summed E-state index contributed by atoms with van der Waals surface area (Å²) in [6.07, 6.45) is -3.25. The highest BCUT2D eigenvalue weighted by Gasteiger charge is 2.45. The third-order valence-corrected chi connectivity index (χ3v) is 8.47. The molecule has 2 fully saturated rings. The molecule has 0 bridgehead atoms. The van der Waals surface area contributed by atoms with Crippen LogP contribution in [0.15, 0.2) is 58.0 Å². The minimum atomic E-state index is -4.69. The maximum atomic E-state index is 13.9. The Hall–Kier alpha value is -1.89. The minimum Gasteiger partial charge on any atom is -0.370 e. The Labute approximate surface area is 230 Å². The third-order valence-electron chi connectivity index (χ3n) is 6.30. The lowest BCUT2D eigenvalue weighted by molar-refractivity contribution is -0.156. The Morgan fingerprint density at radius 2 is 2.03 bits per heavy atom. The number of carbonyl (C=O) groups excluding carboxylic acids is 1. The summed E-state index contributed by atoms with van der Waals surface area (Å²) in [6, 6.07) is 4.13. The molecule has 3 rings (SSSR count). The summed E-state index contributed by atoms with van der Waals surface area (Å²) in [6.45, 7) is 7.80. The molecule has 210 valence electrons. The smallest absolute Gasteiger partial charge is 0.370 e. The molecule has 7 nitrogen and oxygen atoms in total. The second-order valence-electron chi connectivity index (χ2n) is 9.22. The van der Waals surface area contributed by atoms with Crippen LogP contribution in [0.25, 0.3) is 0 Å². The number of likely N-dealkylation sites (tertiary alicyclic amines) is 1. The van der Waals surface area contributed by atoms with Crippen molar-refractivity contribution in [2.75, 3.05) is 45.1 Å². The van der Waals surface area contributed by atoms with Gasteiger partial charge in [0.2, 0.25) is 0 Å². The van der Waals surface area contributed by atoms with E-state index in [-0.39, 0.29) is 57.0 Å². The van der Waals surface area contributed by atoms with E-state index in [0.29, 0.717) is 26.2 Å². The number of hydrogen-bond acceptors (Lipinski definition) is 6. The molecule has 0 unspecified atom stereocenters. The second-order valence-corrected chi connectivity index (χ2v) is 12.4. The zero-order valence-electron chi connectivity index (χ0n) is 20.8. The van der Waals surface area contributed by atoms with Gasteiger partial charge in [0.25, 0.3) is 5.91 Å². The molecule has 2 aliphatic heterocycles. The van der Waals surface area contributed by atoms with Crippen LogP contribution < -0.4 is 10.6 Å². The number of carbonyl (C=O) groups is 1.